The summed E-state index contributed by atoms with van der Waals surface area (Å²) in [5.41, 5.74) is -2.28. The predicted molar refractivity (Wildman–Crippen MR) is 90.7 cm³/mol. The maximum atomic E-state index is 14.1. The summed E-state index contributed by atoms with van der Waals surface area (Å²) in [7, 11) is -4.49. The van der Waals surface area contributed by atoms with Gasteiger partial charge >= 0.3 is 0 Å². The summed E-state index contributed by atoms with van der Waals surface area (Å²) in [6.07, 6.45) is 0. The topological polar surface area (TPSA) is 83.8 Å². The summed E-state index contributed by atoms with van der Waals surface area (Å²) in [5.74, 6) is -4.33. The molecule has 0 aliphatic carbocycles. The zero-order valence-electron chi connectivity index (χ0n) is 13.9. The number of phenols is 2. The lowest BCUT2D eigenvalue weighted by atomic mass is 9.80. The van der Waals surface area contributed by atoms with E-state index in [1.807, 2.05) is 0 Å². The number of rotatable bonds is 2. The summed E-state index contributed by atoms with van der Waals surface area (Å²) < 4.78 is 72.3. The quantitative estimate of drug-likeness (QED) is 0.634. The van der Waals surface area contributed by atoms with Crippen molar-refractivity contribution in [2.75, 3.05) is 0 Å². The molecule has 0 fully saturated rings. The van der Waals surface area contributed by atoms with Crippen molar-refractivity contribution in [2.24, 2.45) is 0 Å². The monoisotopic (exact) mass is 408 g/mol. The molecular weight excluding hydrogens is 397 g/mol. The van der Waals surface area contributed by atoms with E-state index in [0.29, 0.717) is 0 Å². The van der Waals surface area contributed by atoms with Crippen LogP contribution in [0, 0.1) is 17.5 Å². The van der Waals surface area contributed by atoms with Gasteiger partial charge in [-0.15, -0.1) is 0 Å². The SMILES string of the molecule is O=S1(=O)OC(c2ccc(O)c(F)c2)(c2ccc(O)c(F)c2)c2ccc(F)cc21. The Morgan fingerprint density at radius 1 is 0.786 bits per heavy atom. The molecule has 28 heavy (non-hydrogen) atoms. The number of hydrogen-bond acceptors (Lipinski definition) is 5. The predicted octanol–water partition coefficient (Wildman–Crippen LogP) is 3.53. The Bertz CT molecular complexity index is 1170. The van der Waals surface area contributed by atoms with Gasteiger partial charge in [0.2, 0.25) is 0 Å². The van der Waals surface area contributed by atoms with Crippen LogP contribution >= 0.6 is 0 Å². The van der Waals surface area contributed by atoms with Gasteiger partial charge in [-0.05, 0) is 47.5 Å². The largest absolute Gasteiger partial charge is 0.505 e. The third kappa shape index (κ3) is 2.54. The van der Waals surface area contributed by atoms with Crippen LogP contribution in [0.4, 0.5) is 13.2 Å². The van der Waals surface area contributed by atoms with E-state index in [4.69, 9.17) is 4.18 Å². The molecule has 0 radical (unpaired) electrons. The molecule has 4 rings (SSSR count). The molecule has 0 bridgehead atoms. The Morgan fingerprint density at radius 3 is 1.82 bits per heavy atom. The minimum Gasteiger partial charge on any atom is -0.505 e. The van der Waals surface area contributed by atoms with E-state index >= 15 is 0 Å². The van der Waals surface area contributed by atoms with Crippen LogP contribution < -0.4 is 0 Å². The number of benzene rings is 3. The highest BCUT2D eigenvalue weighted by molar-refractivity contribution is 7.87. The second-order valence-electron chi connectivity index (χ2n) is 6.19. The Morgan fingerprint density at radius 2 is 1.32 bits per heavy atom. The van der Waals surface area contributed by atoms with E-state index in [0.717, 1.165) is 42.5 Å². The van der Waals surface area contributed by atoms with Gasteiger partial charge in [0.1, 0.15) is 10.7 Å². The number of aromatic hydroxyl groups is 2. The Hall–Kier alpha value is -3.04. The minimum atomic E-state index is -4.49. The van der Waals surface area contributed by atoms with Gasteiger partial charge in [0.05, 0.1) is 0 Å². The Balaban J connectivity index is 2.12. The van der Waals surface area contributed by atoms with Crippen LogP contribution in [0.15, 0.2) is 59.5 Å². The van der Waals surface area contributed by atoms with Crippen molar-refractivity contribution < 1.29 is 36.0 Å². The number of halogens is 3. The van der Waals surface area contributed by atoms with E-state index in [9.17, 15) is 31.8 Å². The zero-order chi connectivity index (χ0) is 20.3. The van der Waals surface area contributed by atoms with Gasteiger partial charge in [-0.3, -0.25) is 0 Å². The standard InChI is InChI=1S/C19H11F3O5S/c20-12-3-4-13-18(9-12)28(25,26)27-19(13,10-1-5-16(23)14(21)7-10)11-2-6-17(24)15(22)8-11/h1-9,23-24H. The molecule has 0 saturated carbocycles. The lowest BCUT2D eigenvalue weighted by Gasteiger charge is -2.29. The van der Waals surface area contributed by atoms with Gasteiger partial charge in [-0.1, -0.05) is 18.2 Å². The molecule has 0 amide bonds. The highest BCUT2D eigenvalue weighted by Gasteiger charge is 2.52. The molecule has 144 valence electrons. The highest BCUT2D eigenvalue weighted by Crippen LogP contribution is 2.51. The first-order chi connectivity index (χ1) is 13.1. The fourth-order valence-corrected chi connectivity index (χ4v) is 4.71. The maximum absolute atomic E-state index is 14.1. The molecular formula is C19H11F3O5S. The molecule has 9 heteroatoms. The summed E-state index contributed by atoms with van der Waals surface area (Å²) >= 11 is 0. The van der Waals surface area contributed by atoms with Crippen molar-refractivity contribution in [2.45, 2.75) is 10.5 Å². The molecule has 3 aromatic rings. The molecule has 0 saturated heterocycles. The first-order valence-electron chi connectivity index (χ1n) is 7.89. The third-order valence-electron chi connectivity index (χ3n) is 4.54. The second kappa shape index (κ2) is 5.98. The van der Waals surface area contributed by atoms with Crippen LogP contribution in [0.5, 0.6) is 11.5 Å². The van der Waals surface area contributed by atoms with Gasteiger partial charge in [-0.25, -0.2) is 17.4 Å². The molecule has 0 aromatic heterocycles. The fourth-order valence-electron chi connectivity index (χ4n) is 3.27. The van der Waals surface area contributed by atoms with Crippen LogP contribution in [0.2, 0.25) is 0 Å². The normalized spacial score (nSPS) is 16.7. The lowest BCUT2D eigenvalue weighted by Crippen LogP contribution is -2.30. The second-order valence-corrected chi connectivity index (χ2v) is 7.71. The van der Waals surface area contributed by atoms with Gasteiger partial charge in [0, 0.05) is 5.56 Å². The van der Waals surface area contributed by atoms with Crippen molar-refractivity contribution in [3.8, 4) is 11.5 Å². The molecule has 5 nitrogen and oxygen atoms in total. The van der Waals surface area contributed by atoms with Crippen LogP contribution in [0.25, 0.3) is 0 Å². The molecule has 0 atom stereocenters. The van der Waals surface area contributed by atoms with Crippen LogP contribution in [0.1, 0.15) is 16.7 Å². The third-order valence-corrected chi connectivity index (χ3v) is 5.88. The summed E-state index contributed by atoms with van der Waals surface area (Å²) in [6.45, 7) is 0. The van der Waals surface area contributed by atoms with E-state index in [2.05, 4.69) is 0 Å². The van der Waals surface area contributed by atoms with Crippen molar-refractivity contribution in [1.29, 1.82) is 0 Å². The maximum Gasteiger partial charge on any atom is 0.299 e. The van der Waals surface area contributed by atoms with E-state index in [1.165, 1.54) is 12.1 Å². The summed E-state index contributed by atoms with van der Waals surface area (Å²) in [5, 5.41) is 19.0. The highest BCUT2D eigenvalue weighted by atomic mass is 32.2. The lowest BCUT2D eigenvalue weighted by molar-refractivity contribution is 0.179. The number of fused-ring (bicyclic) bond motifs is 1. The molecule has 3 aromatic carbocycles. The van der Waals surface area contributed by atoms with Gasteiger partial charge in [0.15, 0.2) is 28.7 Å². The van der Waals surface area contributed by atoms with Crippen molar-refractivity contribution in [1.82, 2.24) is 0 Å². The van der Waals surface area contributed by atoms with Crippen molar-refractivity contribution in [3.05, 3.63) is 88.7 Å². The molecule has 0 spiro atoms. The first kappa shape index (κ1) is 18.3. The Kier molecular flexibility index (Phi) is 3.91. The minimum absolute atomic E-state index is 0.0657. The molecule has 1 aliphatic heterocycles. The summed E-state index contributed by atoms with van der Waals surface area (Å²) in [6, 6.07) is 8.95. The molecule has 1 heterocycles. The van der Waals surface area contributed by atoms with E-state index in [-0.39, 0.29) is 16.7 Å². The van der Waals surface area contributed by atoms with Crippen LogP contribution in [-0.4, -0.2) is 18.6 Å². The van der Waals surface area contributed by atoms with E-state index in [1.54, 1.807) is 0 Å². The smallest absolute Gasteiger partial charge is 0.299 e. The average molecular weight is 408 g/mol. The Labute approximate surface area is 157 Å². The summed E-state index contributed by atoms with van der Waals surface area (Å²) in [4.78, 5) is -0.491. The molecule has 1 aliphatic rings. The van der Waals surface area contributed by atoms with Gasteiger partial charge in [-0.2, -0.15) is 8.42 Å². The van der Waals surface area contributed by atoms with Crippen molar-refractivity contribution >= 4 is 10.1 Å². The molecule has 2 N–H and O–H groups in total. The van der Waals surface area contributed by atoms with Crippen molar-refractivity contribution in [3.63, 3.8) is 0 Å². The van der Waals surface area contributed by atoms with Gasteiger partial charge < -0.3 is 10.2 Å². The first-order valence-corrected chi connectivity index (χ1v) is 9.29. The van der Waals surface area contributed by atoms with E-state index < -0.39 is 49.6 Å². The van der Waals surface area contributed by atoms with Crippen LogP contribution in [-0.2, 0) is 19.9 Å². The zero-order valence-corrected chi connectivity index (χ0v) is 14.7. The number of phenolic OH excluding ortho intramolecular Hbond substituents is 2. The average Bonchev–Trinajstić information content (AvgIpc) is 2.88. The number of hydrogen-bond donors (Lipinski definition) is 2. The fraction of sp³-hybridized carbons (Fsp3) is 0.0526. The van der Waals surface area contributed by atoms with Crippen LogP contribution in [0.3, 0.4) is 0 Å². The molecule has 0 unspecified atom stereocenters. The van der Waals surface area contributed by atoms with Gasteiger partial charge in [0.25, 0.3) is 10.1 Å².